The van der Waals surface area contributed by atoms with Crippen molar-refractivity contribution in [3.8, 4) is 0 Å². The summed E-state index contributed by atoms with van der Waals surface area (Å²) in [6.45, 7) is 0. The smallest absolute Gasteiger partial charge is 0.314 e. The van der Waals surface area contributed by atoms with Gasteiger partial charge in [0.05, 0.1) is 0 Å². The van der Waals surface area contributed by atoms with E-state index in [0.29, 0.717) is 0 Å². The molecule has 3 nitrogen and oxygen atoms in total. The molecule has 0 radical (unpaired) electrons. The van der Waals surface area contributed by atoms with E-state index in [4.69, 9.17) is 0 Å². The maximum atomic E-state index is 9.78. The number of amides is 2. The predicted octanol–water partition coefficient (Wildman–Crippen LogP) is -0.734. The first-order chi connectivity index (χ1) is 2.79. The highest BCUT2D eigenvalue weighted by Gasteiger charge is 2.23. The maximum Gasteiger partial charge on any atom is 0.341 e. The molecule has 0 bridgehead atoms. The molecule has 6 heavy (non-hydrogen) atoms. The van der Waals surface area contributed by atoms with Crippen LogP contribution >= 0.6 is 0 Å². The minimum Gasteiger partial charge on any atom is -0.314 e. The van der Waals surface area contributed by atoms with Crippen molar-refractivity contribution in [1.29, 1.82) is 0 Å². The number of rotatable bonds is 0. The molecule has 2 amide bonds. The number of imide groups is 1. The van der Waals surface area contributed by atoms with Crippen LogP contribution in [0.5, 0.6) is 0 Å². The third kappa shape index (κ3) is 0.300. The normalized spacial score (nSPS) is 18.0. The van der Waals surface area contributed by atoms with Gasteiger partial charge in [-0.2, -0.15) is 0 Å². The zero-order valence-corrected chi connectivity index (χ0v) is 3.02. The third-order valence-corrected chi connectivity index (χ3v) is 0.600. The monoisotopic (exact) mass is 83.0 g/mol. The van der Waals surface area contributed by atoms with Gasteiger partial charge < -0.3 is 5.32 Å². The molecule has 1 heterocycles. The maximum absolute atomic E-state index is 9.78. The van der Waals surface area contributed by atoms with E-state index in [0.717, 1.165) is 0 Å². The highest BCUT2D eigenvalue weighted by molar-refractivity contribution is 7.04. The summed E-state index contributed by atoms with van der Waals surface area (Å²) in [4.78, 5) is 19.6. The van der Waals surface area contributed by atoms with Gasteiger partial charge in [0.15, 0.2) is 11.6 Å². The molecule has 1 aliphatic heterocycles. The van der Waals surface area contributed by atoms with Gasteiger partial charge >= 0.3 is 7.28 Å². The summed E-state index contributed by atoms with van der Waals surface area (Å²) in [6, 6.07) is 0. The Balaban J connectivity index is 2.47. The number of carbonyl (C=O) groups excluding carboxylic acids is 2. The zero-order valence-electron chi connectivity index (χ0n) is 3.02. The van der Waals surface area contributed by atoms with Gasteiger partial charge in [0.2, 0.25) is 0 Å². The van der Waals surface area contributed by atoms with Crippen molar-refractivity contribution in [3.05, 3.63) is 0 Å². The summed E-state index contributed by atoms with van der Waals surface area (Å²) < 4.78 is 0. The van der Waals surface area contributed by atoms with E-state index in [1.807, 2.05) is 5.32 Å². The molecule has 0 unspecified atom stereocenters. The molecule has 0 aromatic heterocycles. The van der Waals surface area contributed by atoms with Gasteiger partial charge in [-0.15, -0.1) is 0 Å². The average Bonchev–Trinajstić information content (AvgIpc) is 1.33. The number of carbonyl (C=O) groups is 2. The summed E-state index contributed by atoms with van der Waals surface area (Å²) in [6.07, 6.45) is 0. The first-order valence-corrected chi connectivity index (χ1v) is 1.62. The largest absolute Gasteiger partial charge is 0.341 e. The van der Waals surface area contributed by atoms with Gasteiger partial charge in [-0.25, -0.2) is 0 Å². The first kappa shape index (κ1) is 3.40. The van der Waals surface area contributed by atoms with Crippen LogP contribution in [0.1, 0.15) is 0 Å². The highest BCUT2D eigenvalue weighted by atomic mass is 16.2. The molecular weight excluding hydrogens is 80.8 g/mol. The average molecular weight is 82.9 g/mol. The van der Waals surface area contributed by atoms with Crippen molar-refractivity contribution < 1.29 is 9.59 Å². The molecule has 0 spiro atoms. The lowest BCUT2D eigenvalue weighted by Gasteiger charge is -2.07. The van der Waals surface area contributed by atoms with E-state index in [9.17, 15) is 9.59 Å². The van der Waals surface area contributed by atoms with Crippen LogP contribution in [0.15, 0.2) is 0 Å². The van der Waals surface area contributed by atoms with E-state index in [1.165, 1.54) is 0 Å². The molecule has 30 valence electrons. The molecule has 0 saturated carbocycles. The van der Waals surface area contributed by atoms with Gasteiger partial charge in [0.25, 0.3) is 0 Å². The van der Waals surface area contributed by atoms with Crippen molar-refractivity contribution in [2.45, 2.75) is 0 Å². The molecular formula is C2H2BNO2. The summed E-state index contributed by atoms with van der Waals surface area (Å²) in [5.74, 6) is -0.333. The molecule has 1 fully saturated rings. The number of hydrogen-bond donors (Lipinski definition) is 1. The Labute approximate surface area is 35.0 Å². The van der Waals surface area contributed by atoms with Crippen molar-refractivity contribution in [2.75, 3.05) is 0 Å². The summed E-state index contributed by atoms with van der Waals surface area (Å²) in [7, 11) is 0.0833. The fourth-order valence-electron chi connectivity index (χ4n) is 0.283. The highest BCUT2D eigenvalue weighted by Crippen LogP contribution is 1.81. The predicted molar refractivity (Wildman–Crippen MR) is 21.1 cm³/mol. The van der Waals surface area contributed by atoms with Gasteiger partial charge in [-0.3, -0.25) is 9.59 Å². The van der Waals surface area contributed by atoms with E-state index in [2.05, 4.69) is 0 Å². The minimum atomic E-state index is -0.167. The lowest BCUT2D eigenvalue weighted by Crippen LogP contribution is -2.50. The van der Waals surface area contributed by atoms with Crippen LogP contribution in [0, 0.1) is 0 Å². The topological polar surface area (TPSA) is 46.2 Å². The molecule has 0 aliphatic carbocycles. The Bertz CT molecular complexity index is 88.1. The van der Waals surface area contributed by atoms with E-state index >= 15 is 0 Å². The Morgan fingerprint density at radius 2 is 1.67 bits per heavy atom. The zero-order chi connectivity index (χ0) is 4.57. The molecule has 1 aliphatic rings. The van der Waals surface area contributed by atoms with Crippen LogP contribution in [-0.2, 0) is 0 Å². The van der Waals surface area contributed by atoms with Crippen molar-refractivity contribution >= 4 is 18.9 Å². The lowest BCUT2D eigenvalue weighted by atomic mass is 9.69. The van der Waals surface area contributed by atoms with Crippen LogP contribution in [0.4, 0.5) is 9.59 Å². The first-order valence-electron chi connectivity index (χ1n) is 1.62. The Morgan fingerprint density at radius 1 is 1.33 bits per heavy atom. The molecule has 0 atom stereocenters. The standard InChI is InChI=1S/C2H2BNO2/c5-1-3-2(6)4-1/h3H,(H,4,5,6). The van der Waals surface area contributed by atoms with Crippen LogP contribution in [0.2, 0.25) is 0 Å². The lowest BCUT2D eigenvalue weighted by molar-refractivity contribution is 0.242. The molecule has 1 saturated heterocycles. The van der Waals surface area contributed by atoms with Crippen molar-refractivity contribution in [3.63, 3.8) is 0 Å². The van der Waals surface area contributed by atoms with Crippen LogP contribution < -0.4 is 5.32 Å². The van der Waals surface area contributed by atoms with Gasteiger partial charge in [0.1, 0.15) is 0 Å². The fourth-order valence-corrected chi connectivity index (χ4v) is 0.283. The summed E-state index contributed by atoms with van der Waals surface area (Å²) in [5.41, 5.74) is 0. The second kappa shape index (κ2) is 0.832. The molecule has 1 rings (SSSR count). The van der Waals surface area contributed by atoms with Gasteiger partial charge in [0, 0.05) is 0 Å². The second-order valence-electron chi connectivity index (χ2n) is 1.15. The molecule has 1 N–H and O–H groups in total. The Kier molecular flexibility index (Phi) is 0.471. The third-order valence-electron chi connectivity index (χ3n) is 0.600. The summed E-state index contributed by atoms with van der Waals surface area (Å²) in [5, 5.41) is 2.03. The summed E-state index contributed by atoms with van der Waals surface area (Å²) >= 11 is 0. The van der Waals surface area contributed by atoms with Crippen molar-refractivity contribution in [2.24, 2.45) is 0 Å². The van der Waals surface area contributed by atoms with E-state index in [1.54, 1.807) is 0 Å². The van der Waals surface area contributed by atoms with E-state index < -0.39 is 0 Å². The Hall–Kier alpha value is -0.795. The van der Waals surface area contributed by atoms with E-state index in [-0.39, 0.29) is 18.9 Å². The SMILES string of the molecule is O=C1BC(=O)N1. The number of nitrogens with one attached hydrogen (secondary N) is 1. The minimum absolute atomic E-state index is 0.0833. The number of hydrogen-bond acceptors (Lipinski definition) is 2. The van der Waals surface area contributed by atoms with Gasteiger partial charge in [-0.05, 0) is 0 Å². The second-order valence-corrected chi connectivity index (χ2v) is 1.15. The van der Waals surface area contributed by atoms with Gasteiger partial charge in [-0.1, -0.05) is 0 Å². The van der Waals surface area contributed by atoms with Crippen LogP contribution in [-0.4, -0.2) is 18.9 Å². The van der Waals surface area contributed by atoms with Crippen LogP contribution in [0.3, 0.4) is 0 Å². The molecule has 0 aromatic carbocycles. The quantitative estimate of drug-likeness (QED) is 0.392. The molecule has 4 heteroatoms. The van der Waals surface area contributed by atoms with Crippen LogP contribution in [0.25, 0.3) is 0 Å². The fraction of sp³-hybridized carbons (Fsp3) is 0. The molecule has 0 aromatic rings. The Morgan fingerprint density at radius 3 is 1.67 bits per heavy atom. The van der Waals surface area contributed by atoms with Crippen molar-refractivity contribution in [1.82, 2.24) is 5.32 Å².